The van der Waals surface area contributed by atoms with Gasteiger partial charge in [0.15, 0.2) is 4.80 Å². The molecular weight excluding hydrogens is 346 g/mol. The van der Waals surface area contributed by atoms with Gasteiger partial charge in [-0.15, -0.1) is 11.3 Å². The Morgan fingerprint density at radius 3 is 2.77 bits per heavy atom. The zero-order valence-corrected chi connectivity index (χ0v) is 16.1. The highest BCUT2D eigenvalue weighted by atomic mass is 32.1. The summed E-state index contributed by atoms with van der Waals surface area (Å²) in [6.07, 6.45) is 5.72. The molecule has 0 atom stereocenters. The summed E-state index contributed by atoms with van der Waals surface area (Å²) in [5.41, 5.74) is 2.94. The van der Waals surface area contributed by atoms with Crippen LogP contribution >= 0.6 is 11.3 Å². The number of benzene rings is 1. The van der Waals surface area contributed by atoms with Gasteiger partial charge >= 0.3 is 0 Å². The van der Waals surface area contributed by atoms with Crippen LogP contribution in [-0.4, -0.2) is 23.8 Å². The summed E-state index contributed by atoms with van der Waals surface area (Å²) in [6, 6.07) is 9.72. The van der Waals surface area contributed by atoms with Crippen molar-refractivity contribution < 1.29 is 9.47 Å². The first-order valence-corrected chi connectivity index (χ1v) is 9.50. The number of pyridine rings is 1. The van der Waals surface area contributed by atoms with E-state index in [4.69, 9.17) is 14.5 Å². The van der Waals surface area contributed by atoms with E-state index in [-0.39, 0.29) is 0 Å². The van der Waals surface area contributed by atoms with Crippen molar-refractivity contribution in [2.45, 2.75) is 26.3 Å². The van der Waals surface area contributed by atoms with Gasteiger partial charge < -0.3 is 14.0 Å². The molecule has 0 bridgehead atoms. The van der Waals surface area contributed by atoms with Crippen LogP contribution in [0.3, 0.4) is 0 Å². The van der Waals surface area contributed by atoms with Gasteiger partial charge in [0.05, 0.1) is 31.8 Å². The van der Waals surface area contributed by atoms with Crippen LogP contribution in [0.15, 0.2) is 53.1 Å². The molecule has 26 heavy (non-hydrogen) atoms. The summed E-state index contributed by atoms with van der Waals surface area (Å²) in [5, 5.41) is 2.13. The molecule has 3 rings (SSSR count). The van der Waals surface area contributed by atoms with Crippen LogP contribution in [0.25, 0.3) is 11.3 Å². The molecule has 6 heteroatoms. The molecule has 0 saturated heterocycles. The van der Waals surface area contributed by atoms with Gasteiger partial charge in [0.1, 0.15) is 11.5 Å². The molecule has 2 aromatic heterocycles. The van der Waals surface area contributed by atoms with Crippen molar-refractivity contribution in [3.8, 4) is 22.8 Å². The van der Waals surface area contributed by atoms with Crippen LogP contribution in [-0.2, 0) is 6.54 Å². The average Bonchev–Trinajstić information content (AvgIpc) is 3.08. The van der Waals surface area contributed by atoms with Crippen LogP contribution in [0.1, 0.15) is 19.8 Å². The summed E-state index contributed by atoms with van der Waals surface area (Å²) < 4.78 is 13.2. The molecule has 0 amide bonds. The number of hydrogen-bond acceptors (Lipinski definition) is 5. The first-order valence-electron chi connectivity index (χ1n) is 8.62. The Morgan fingerprint density at radius 2 is 2.08 bits per heavy atom. The van der Waals surface area contributed by atoms with Crippen molar-refractivity contribution in [1.82, 2.24) is 9.55 Å². The topological polar surface area (TPSA) is 48.6 Å². The summed E-state index contributed by atoms with van der Waals surface area (Å²) in [5.74, 6) is 1.63. The third-order valence-corrected chi connectivity index (χ3v) is 4.95. The largest absolute Gasteiger partial charge is 0.497 e. The molecule has 0 fully saturated rings. The molecule has 0 aliphatic heterocycles. The fourth-order valence-electron chi connectivity index (χ4n) is 2.71. The van der Waals surface area contributed by atoms with E-state index >= 15 is 0 Å². The molecule has 136 valence electrons. The van der Waals surface area contributed by atoms with E-state index in [0.717, 1.165) is 52.6 Å². The molecule has 0 aliphatic rings. The number of unbranched alkanes of at least 4 members (excludes halogenated alkanes) is 1. The minimum absolute atomic E-state index is 0.805. The maximum Gasteiger partial charge on any atom is 0.190 e. The zero-order valence-electron chi connectivity index (χ0n) is 15.3. The summed E-state index contributed by atoms with van der Waals surface area (Å²) in [4.78, 5) is 9.89. The summed E-state index contributed by atoms with van der Waals surface area (Å²) in [6.45, 7) is 3.09. The third kappa shape index (κ3) is 3.96. The maximum atomic E-state index is 5.58. The number of rotatable bonds is 7. The number of hydrogen-bond donors (Lipinski definition) is 0. The lowest BCUT2D eigenvalue weighted by molar-refractivity contribution is 0.404. The molecule has 0 saturated carbocycles. The quantitative estimate of drug-likeness (QED) is 0.608. The van der Waals surface area contributed by atoms with E-state index in [2.05, 4.69) is 21.9 Å². The number of thiazole rings is 1. The predicted octanol–water partition coefficient (Wildman–Crippen LogP) is 4.66. The average molecular weight is 369 g/mol. The standard InChI is InChI=1S/C20H23N3O2S/c1-4-5-11-23-18(17-12-16(24-2)8-9-19(17)25-3)14-26-20(23)22-15-7-6-10-21-13-15/h6-10,12-14H,4-5,11H2,1-3H3. The zero-order chi connectivity index (χ0) is 18.4. The minimum atomic E-state index is 0.805. The Balaban J connectivity index is 2.15. The lowest BCUT2D eigenvalue weighted by atomic mass is 10.1. The second-order valence-corrected chi connectivity index (χ2v) is 6.63. The smallest absolute Gasteiger partial charge is 0.190 e. The fraction of sp³-hybridized carbons (Fsp3) is 0.300. The molecule has 3 aromatic rings. The molecule has 5 nitrogen and oxygen atoms in total. The Hall–Kier alpha value is -2.60. The van der Waals surface area contributed by atoms with Gasteiger partial charge in [-0.1, -0.05) is 13.3 Å². The lowest BCUT2D eigenvalue weighted by Gasteiger charge is -2.13. The van der Waals surface area contributed by atoms with Crippen LogP contribution in [0.5, 0.6) is 11.5 Å². The molecule has 0 unspecified atom stereocenters. The first kappa shape index (κ1) is 18.2. The molecule has 0 spiro atoms. The van der Waals surface area contributed by atoms with Crippen molar-refractivity contribution in [2.75, 3.05) is 14.2 Å². The van der Waals surface area contributed by atoms with Crippen LogP contribution in [0, 0.1) is 0 Å². The fourth-order valence-corrected chi connectivity index (χ4v) is 3.66. The Labute approximate surface area is 157 Å². The van der Waals surface area contributed by atoms with Gasteiger partial charge in [0.2, 0.25) is 0 Å². The van der Waals surface area contributed by atoms with Crippen molar-refractivity contribution >= 4 is 17.0 Å². The van der Waals surface area contributed by atoms with Crippen molar-refractivity contribution in [3.63, 3.8) is 0 Å². The monoisotopic (exact) mass is 369 g/mol. The summed E-state index contributed by atoms with van der Waals surface area (Å²) in [7, 11) is 3.36. The summed E-state index contributed by atoms with van der Waals surface area (Å²) >= 11 is 1.62. The van der Waals surface area contributed by atoms with Gasteiger partial charge in [0.25, 0.3) is 0 Å². The van der Waals surface area contributed by atoms with E-state index in [0.29, 0.717) is 0 Å². The number of ether oxygens (including phenoxy) is 2. The first-order chi connectivity index (χ1) is 12.8. The van der Waals surface area contributed by atoms with E-state index in [1.165, 1.54) is 0 Å². The number of methoxy groups -OCH3 is 2. The van der Waals surface area contributed by atoms with Gasteiger partial charge in [-0.2, -0.15) is 0 Å². The highest BCUT2D eigenvalue weighted by Gasteiger charge is 2.14. The van der Waals surface area contributed by atoms with Crippen molar-refractivity contribution in [3.05, 3.63) is 52.9 Å². The van der Waals surface area contributed by atoms with Gasteiger partial charge in [-0.05, 0) is 36.8 Å². The highest BCUT2D eigenvalue weighted by molar-refractivity contribution is 7.07. The number of nitrogens with zero attached hydrogens (tertiary/aromatic N) is 3. The van der Waals surface area contributed by atoms with Gasteiger partial charge in [0, 0.05) is 23.7 Å². The van der Waals surface area contributed by atoms with Crippen LogP contribution in [0.4, 0.5) is 5.69 Å². The third-order valence-electron chi connectivity index (χ3n) is 4.09. The number of aromatic nitrogens is 2. The van der Waals surface area contributed by atoms with Crippen LogP contribution in [0.2, 0.25) is 0 Å². The Kier molecular flexibility index (Phi) is 6.07. The van der Waals surface area contributed by atoms with Crippen molar-refractivity contribution in [2.24, 2.45) is 4.99 Å². The molecule has 0 N–H and O–H groups in total. The second-order valence-electron chi connectivity index (χ2n) is 5.80. The molecule has 0 aliphatic carbocycles. The second kappa shape index (κ2) is 8.67. The van der Waals surface area contributed by atoms with Crippen LogP contribution < -0.4 is 14.3 Å². The van der Waals surface area contributed by atoms with Crippen molar-refractivity contribution in [1.29, 1.82) is 0 Å². The maximum absolute atomic E-state index is 5.58. The normalized spacial score (nSPS) is 11.6. The Bertz CT molecular complexity index is 916. The molecular formula is C20H23N3O2S. The minimum Gasteiger partial charge on any atom is -0.497 e. The Morgan fingerprint density at radius 1 is 1.19 bits per heavy atom. The predicted molar refractivity (Wildman–Crippen MR) is 105 cm³/mol. The van der Waals surface area contributed by atoms with Gasteiger partial charge in [-0.3, -0.25) is 4.98 Å². The molecule has 2 heterocycles. The van der Waals surface area contributed by atoms with Gasteiger partial charge in [-0.25, -0.2) is 4.99 Å². The lowest BCUT2D eigenvalue weighted by Crippen LogP contribution is -2.16. The molecule has 1 aromatic carbocycles. The van der Waals surface area contributed by atoms with E-state index in [1.54, 1.807) is 38.0 Å². The SMILES string of the molecule is CCCCn1c(-c2cc(OC)ccc2OC)csc1=Nc1cccnc1. The van der Waals surface area contributed by atoms with E-state index in [9.17, 15) is 0 Å². The van der Waals surface area contributed by atoms with E-state index < -0.39 is 0 Å². The van der Waals surface area contributed by atoms with E-state index in [1.807, 2.05) is 30.3 Å². The molecule has 0 radical (unpaired) electrons. The highest BCUT2D eigenvalue weighted by Crippen LogP contribution is 2.34.